The molecule has 9 heteroatoms. The fourth-order valence-electron chi connectivity index (χ4n) is 1.88. The van der Waals surface area contributed by atoms with Crippen molar-refractivity contribution in [1.82, 2.24) is 4.31 Å². The van der Waals surface area contributed by atoms with Gasteiger partial charge in [-0.15, -0.1) is 0 Å². The number of hydrogen-bond acceptors (Lipinski definition) is 6. The van der Waals surface area contributed by atoms with Crippen LogP contribution in [0.25, 0.3) is 11.0 Å². The zero-order chi connectivity index (χ0) is 18.1. The molecule has 1 amide bonds. The molecule has 1 heterocycles. The third-order valence-electron chi connectivity index (χ3n) is 2.82. The van der Waals surface area contributed by atoms with Gasteiger partial charge in [0.1, 0.15) is 17.7 Å². The quantitative estimate of drug-likeness (QED) is 0.896. The molecule has 2 aromatic rings. The molecule has 8 nitrogen and oxygen atoms in total. The monoisotopic (exact) mass is 355 g/mol. The van der Waals surface area contributed by atoms with Crippen molar-refractivity contribution in [2.24, 2.45) is 0 Å². The highest BCUT2D eigenvalue weighted by molar-refractivity contribution is 7.89. The molecule has 0 aliphatic rings. The molecule has 0 atom stereocenters. The van der Waals surface area contributed by atoms with E-state index < -0.39 is 39.3 Å². The number of nitrogens with zero attached hydrogens (tertiary/aromatic N) is 1. The van der Waals surface area contributed by atoms with E-state index in [1.54, 1.807) is 24.3 Å². The first-order valence-electron chi connectivity index (χ1n) is 6.97. The van der Waals surface area contributed by atoms with Crippen molar-refractivity contribution in [2.45, 2.75) is 31.5 Å². The maximum absolute atomic E-state index is 12.6. The van der Waals surface area contributed by atoms with E-state index in [0.29, 0.717) is 11.0 Å². The Morgan fingerprint density at radius 1 is 1.25 bits per heavy atom. The van der Waals surface area contributed by atoms with Gasteiger partial charge in [-0.3, -0.25) is 4.79 Å². The summed E-state index contributed by atoms with van der Waals surface area (Å²) >= 11 is 0. The summed E-state index contributed by atoms with van der Waals surface area (Å²) in [5, 5.41) is 8.91. The summed E-state index contributed by atoms with van der Waals surface area (Å²) in [5.74, 6) is -1.50. The minimum absolute atomic E-state index is 0.137. The van der Waals surface area contributed by atoms with E-state index in [1.807, 2.05) is 0 Å². The van der Waals surface area contributed by atoms with E-state index >= 15 is 0 Å². The predicted molar refractivity (Wildman–Crippen MR) is 84.0 cm³/mol. The lowest BCUT2D eigenvalue weighted by molar-refractivity contribution is -0.137. The van der Waals surface area contributed by atoms with Crippen molar-refractivity contribution >= 4 is 33.1 Å². The van der Waals surface area contributed by atoms with Gasteiger partial charge in [0.15, 0.2) is 0 Å². The van der Waals surface area contributed by atoms with Crippen LogP contribution in [0.5, 0.6) is 0 Å². The van der Waals surface area contributed by atoms with Crippen molar-refractivity contribution in [2.75, 3.05) is 6.54 Å². The Balaban J connectivity index is 2.46. The number of sulfonamides is 1. The number of carboxylic acid groups (broad SMARTS) is 1. The van der Waals surface area contributed by atoms with Crippen molar-refractivity contribution in [3.8, 4) is 0 Å². The molecule has 0 saturated heterocycles. The molecule has 0 fully saturated rings. The molecule has 24 heavy (non-hydrogen) atoms. The van der Waals surface area contributed by atoms with Crippen LogP contribution in [-0.2, 0) is 19.6 Å². The lowest BCUT2D eigenvalue weighted by Crippen LogP contribution is -2.43. The number of carbonyl (C=O) groups is 2. The lowest BCUT2D eigenvalue weighted by Gasteiger charge is -2.25. The highest BCUT2D eigenvalue weighted by Gasteiger charge is 2.37. The van der Waals surface area contributed by atoms with Gasteiger partial charge in [-0.1, -0.05) is 18.2 Å². The third kappa shape index (κ3) is 3.85. The maximum Gasteiger partial charge on any atom is 0.425 e. The number of benzene rings is 1. The Morgan fingerprint density at radius 3 is 2.42 bits per heavy atom. The molecule has 0 radical (unpaired) electrons. The average Bonchev–Trinajstić information content (AvgIpc) is 2.87. The zero-order valence-corrected chi connectivity index (χ0v) is 14.2. The molecule has 0 saturated carbocycles. The van der Waals surface area contributed by atoms with Crippen molar-refractivity contribution in [3.63, 3.8) is 0 Å². The lowest BCUT2D eigenvalue weighted by atomic mass is 10.2. The van der Waals surface area contributed by atoms with Crippen LogP contribution in [0.2, 0.25) is 0 Å². The number of rotatable bonds is 4. The number of para-hydroxylation sites is 1. The Labute approximate surface area is 138 Å². The Hall–Kier alpha value is -2.55. The second kappa shape index (κ2) is 6.16. The standard InChI is InChI=1S/C15H17NO7S/c1-15(2,3)23-14(19)16(9-12(17)18)24(20,21)13-8-10-6-4-5-7-11(10)22-13/h4-8H,9H2,1-3H3,(H,17,18). The first-order chi connectivity index (χ1) is 11.0. The second-order valence-electron chi connectivity index (χ2n) is 5.99. The summed E-state index contributed by atoms with van der Waals surface area (Å²) < 4.78 is 35.6. The number of carbonyl (C=O) groups excluding carboxylic acids is 1. The summed E-state index contributed by atoms with van der Waals surface area (Å²) in [5.41, 5.74) is -0.687. The van der Waals surface area contributed by atoms with Crippen LogP contribution in [-0.4, -0.2) is 42.0 Å². The van der Waals surface area contributed by atoms with Gasteiger partial charge in [0.05, 0.1) is 0 Å². The molecule has 0 spiro atoms. The molecule has 1 aromatic heterocycles. The number of carboxylic acids is 1. The minimum atomic E-state index is -4.52. The number of amides is 1. The van der Waals surface area contributed by atoms with Crippen molar-refractivity contribution < 1.29 is 32.3 Å². The minimum Gasteiger partial charge on any atom is -0.480 e. The summed E-state index contributed by atoms with van der Waals surface area (Å²) in [6.07, 6.45) is -1.29. The molecule has 0 aliphatic carbocycles. The molecule has 0 unspecified atom stereocenters. The van der Waals surface area contributed by atoms with E-state index in [0.717, 1.165) is 0 Å². The number of hydrogen-bond donors (Lipinski definition) is 1. The highest BCUT2D eigenvalue weighted by Crippen LogP contribution is 2.26. The van der Waals surface area contributed by atoms with E-state index in [4.69, 9.17) is 14.3 Å². The van der Waals surface area contributed by atoms with Crippen molar-refractivity contribution in [1.29, 1.82) is 0 Å². The first-order valence-corrected chi connectivity index (χ1v) is 8.41. The molecular weight excluding hydrogens is 338 g/mol. The number of ether oxygens (including phenoxy) is 1. The van der Waals surface area contributed by atoms with E-state index in [9.17, 15) is 18.0 Å². The van der Waals surface area contributed by atoms with Gasteiger partial charge in [-0.25, -0.2) is 4.79 Å². The normalized spacial score (nSPS) is 12.1. The Morgan fingerprint density at radius 2 is 1.88 bits per heavy atom. The number of fused-ring (bicyclic) bond motifs is 1. The largest absolute Gasteiger partial charge is 0.480 e. The SMILES string of the molecule is CC(C)(C)OC(=O)N(CC(=O)O)S(=O)(=O)c1cc2ccccc2o1. The Bertz CT molecular complexity index is 844. The second-order valence-corrected chi connectivity index (χ2v) is 7.78. The molecule has 0 bridgehead atoms. The molecule has 0 aliphatic heterocycles. The van der Waals surface area contributed by atoms with Crippen LogP contribution >= 0.6 is 0 Å². The van der Waals surface area contributed by atoms with Crippen LogP contribution < -0.4 is 0 Å². The molecule has 1 aromatic carbocycles. The molecule has 2 rings (SSSR count). The van der Waals surface area contributed by atoms with Crippen LogP contribution in [0.15, 0.2) is 39.8 Å². The summed E-state index contributed by atoms with van der Waals surface area (Å²) in [7, 11) is -4.52. The molecule has 1 N–H and O–H groups in total. The first kappa shape index (κ1) is 17.8. The van der Waals surface area contributed by atoms with Crippen molar-refractivity contribution in [3.05, 3.63) is 30.3 Å². The smallest absolute Gasteiger partial charge is 0.425 e. The number of furan rings is 1. The van der Waals surface area contributed by atoms with Gasteiger partial charge in [0.2, 0.25) is 5.09 Å². The van der Waals surface area contributed by atoms with Crippen LogP contribution in [0, 0.1) is 0 Å². The van der Waals surface area contributed by atoms with Gasteiger partial charge < -0.3 is 14.3 Å². The van der Waals surface area contributed by atoms with E-state index in [1.165, 1.54) is 26.8 Å². The van der Waals surface area contributed by atoms with Gasteiger partial charge >= 0.3 is 22.1 Å². The van der Waals surface area contributed by atoms with E-state index in [2.05, 4.69) is 0 Å². The fourth-order valence-corrected chi connectivity index (χ4v) is 3.08. The summed E-state index contributed by atoms with van der Waals surface area (Å²) in [4.78, 5) is 23.1. The van der Waals surface area contributed by atoms with Gasteiger partial charge in [-0.2, -0.15) is 12.7 Å². The summed E-state index contributed by atoms with van der Waals surface area (Å²) in [6.45, 7) is 3.54. The maximum atomic E-state index is 12.6. The van der Waals surface area contributed by atoms with Gasteiger partial charge in [0.25, 0.3) is 0 Å². The topological polar surface area (TPSA) is 114 Å². The van der Waals surface area contributed by atoms with Crippen LogP contribution in [0.4, 0.5) is 4.79 Å². The number of aliphatic carboxylic acids is 1. The molecular formula is C15H17NO7S. The summed E-state index contributed by atoms with van der Waals surface area (Å²) in [6, 6.07) is 7.77. The molecule has 130 valence electrons. The average molecular weight is 355 g/mol. The highest BCUT2D eigenvalue weighted by atomic mass is 32.2. The zero-order valence-electron chi connectivity index (χ0n) is 13.3. The third-order valence-corrected chi connectivity index (χ3v) is 4.39. The van der Waals surface area contributed by atoms with Crippen LogP contribution in [0.3, 0.4) is 0 Å². The fraction of sp³-hybridized carbons (Fsp3) is 0.333. The van der Waals surface area contributed by atoms with Gasteiger partial charge in [0, 0.05) is 11.5 Å². The Kier molecular flexibility index (Phi) is 4.57. The van der Waals surface area contributed by atoms with E-state index in [-0.39, 0.29) is 4.31 Å². The van der Waals surface area contributed by atoms with Gasteiger partial charge in [-0.05, 0) is 26.8 Å². The predicted octanol–water partition coefficient (Wildman–Crippen LogP) is 2.44. The van der Waals surface area contributed by atoms with Crippen LogP contribution in [0.1, 0.15) is 20.8 Å².